The lowest BCUT2D eigenvalue weighted by Crippen LogP contribution is -2.41. The molecule has 17 heavy (non-hydrogen) atoms. The normalized spacial score (nSPS) is 19.6. The van der Waals surface area contributed by atoms with Crippen LogP contribution in [0.15, 0.2) is 6.33 Å². The van der Waals surface area contributed by atoms with Crippen LogP contribution in [0.1, 0.15) is 45.5 Å². The van der Waals surface area contributed by atoms with Crippen molar-refractivity contribution in [2.75, 3.05) is 6.54 Å². The van der Waals surface area contributed by atoms with Crippen LogP contribution in [0.5, 0.6) is 0 Å². The number of aromatic nitrogens is 3. The van der Waals surface area contributed by atoms with Gasteiger partial charge < -0.3 is 10.4 Å². The third kappa shape index (κ3) is 3.51. The number of hydrogen-bond donors (Lipinski definition) is 2. The lowest BCUT2D eigenvalue weighted by Gasteiger charge is -2.24. The van der Waals surface area contributed by atoms with Crippen LogP contribution in [0.25, 0.3) is 0 Å². The molecular weight excluding hydrogens is 216 g/mol. The molecule has 5 nitrogen and oxygen atoms in total. The van der Waals surface area contributed by atoms with Crippen LogP contribution in [0, 0.1) is 0 Å². The van der Waals surface area contributed by atoms with Crippen LogP contribution in [-0.4, -0.2) is 38.1 Å². The van der Waals surface area contributed by atoms with E-state index in [1.165, 1.54) is 12.8 Å². The van der Waals surface area contributed by atoms with Gasteiger partial charge in [-0.15, -0.1) is 0 Å². The van der Waals surface area contributed by atoms with Gasteiger partial charge in [0.05, 0.1) is 5.60 Å². The Bertz CT molecular complexity index is 368. The van der Waals surface area contributed by atoms with Crippen molar-refractivity contribution in [2.45, 2.75) is 57.7 Å². The summed E-state index contributed by atoms with van der Waals surface area (Å²) < 4.78 is 1.87. The molecule has 0 amide bonds. The number of nitrogens with one attached hydrogen (secondary N) is 1. The maximum Gasteiger partial charge on any atom is 0.138 e. The van der Waals surface area contributed by atoms with E-state index in [9.17, 15) is 5.11 Å². The lowest BCUT2D eigenvalue weighted by atomic mass is 10.0. The molecule has 2 N–H and O–H groups in total. The summed E-state index contributed by atoms with van der Waals surface area (Å²) in [6, 6.07) is 0.893. The van der Waals surface area contributed by atoms with Gasteiger partial charge in [0.15, 0.2) is 0 Å². The molecule has 1 aromatic rings. The molecule has 0 aromatic carbocycles. The summed E-state index contributed by atoms with van der Waals surface area (Å²) >= 11 is 0. The van der Waals surface area contributed by atoms with Crippen LogP contribution in [0.3, 0.4) is 0 Å². The number of hydrogen-bond acceptors (Lipinski definition) is 4. The van der Waals surface area contributed by atoms with E-state index in [1.54, 1.807) is 6.33 Å². The summed E-state index contributed by atoms with van der Waals surface area (Å²) in [5, 5.41) is 17.9. The molecule has 1 unspecified atom stereocenters. The van der Waals surface area contributed by atoms with Gasteiger partial charge in [0.1, 0.15) is 12.2 Å². The molecule has 0 spiro atoms. The molecule has 0 aliphatic heterocycles. The highest BCUT2D eigenvalue weighted by atomic mass is 16.3. The van der Waals surface area contributed by atoms with E-state index in [1.807, 2.05) is 11.6 Å². The molecule has 1 atom stereocenters. The molecule has 0 saturated heterocycles. The fourth-order valence-corrected chi connectivity index (χ4v) is 1.89. The molecule has 96 valence electrons. The van der Waals surface area contributed by atoms with E-state index < -0.39 is 5.60 Å². The van der Waals surface area contributed by atoms with Crippen molar-refractivity contribution in [3.05, 3.63) is 12.2 Å². The van der Waals surface area contributed by atoms with Gasteiger partial charge >= 0.3 is 0 Å². The van der Waals surface area contributed by atoms with E-state index in [2.05, 4.69) is 29.2 Å². The van der Waals surface area contributed by atoms with E-state index in [0.29, 0.717) is 19.0 Å². The van der Waals surface area contributed by atoms with Crippen molar-refractivity contribution in [3.8, 4) is 0 Å². The van der Waals surface area contributed by atoms with Crippen LogP contribution < -0.4 is 5.32 Å². The fraction of sp³-hybridized carbons (Fsp3) is 0.833. The van der Waals surface area contributed by atoms with Crippen LogP contribution >= 0.6 is 0 Å². The average Bonchev–Trinajstić information content (AvgIpc) is 2.95. The summed E-state index contributed by atoms with van der Waals surface area (Å²) in [7, 11) is 0. The van der Waals surface area contributed by atoms with Gasteiger partial charge in [-0.3, -0.25) is 0 Å². The monoisotopic (exact) mass is 238 g/mol. The molecule has 1 heterocycles. The largest absolute Gasteiger partial charge is 0.388 e. The highest BCUT2D eigenvalue weighted by molar-refractivity contribution is 4.96. The zero-order valence-electron chi connectivity index (χ0n) is 10.8. The van der Waals surface area contributed by atoms with E-state index in [0.717, 1.165) is 5.82 Å². The van der Waals surface area contributed by atoms with Crippen molar-refractivity contribution >= 4 is 0 Å². The van der Waals surface area contributed by atoms with Gasteiger partial charge in [-0.25, -0.2) is 9.67 Å². The Morgan fingerprint density at radius 2 is 2.29 bits per heavy atom. The Morgan fingerprint density at radius 3 is 2.88 bits per heavy atom. The van der Waals surface area contributed by atoms with Gasteiger partial charge in [0.2, 0.25) is 0 Å². The number of aliphatic hydroxyl groups is 1. The Hall–Kier alpha value is -0.940. The molecule has 2 rings (SSSR count). The van der Waals surface area contributed by atoms with Gasteiger partial charge in [-0.05, 0) is 33.6 Å². The quantitative estimate of drug-likeness (QED) is 0.773. The predicted molar refractivity (Wildman–Crippen MR) is 65.8 cm³/mol. The molecule has 1 fully saturated rings. The molecule has 0 radical (unpaired) electrons. The molecular formula is C12H22N4O. The Kier molecular flexibility index (Phi) is 3.49. The number of nitrogens with zero attached hydrogens (tertiary/aromatic N) is 3. The lowest BCUT2D eigenvalue weighted by molar-refractivity contribution is 0.0563. The van der Waals surface area contributed by atoms with Crippen molar-refractivity contribution in [2.24, 2.45) is 0 Å². The van der Waals surface area contributed by atoms with Crippen molar-refractivity contribution in [3.63, 3.8) is 0 Å². The molecule has 1 saturated carbocycles. The van der Waals surface area contributed by atoms with Gasteiger partial charge in [-0.2, -0.15) is 5.10 Å². The highest BCUT2D eigenvalue weighted by Crippen LogP contribution is 2.20. The topological polar surface area (TPSA) is 63.0 Å². The minimum atomic E-state index is -0.762. The first-order valence-electron chi connectivity index (χ1n) is 6.32. The average molecular weight is 238 g/mol. The summed E-state index contributed by atoms with van der Waals surface area (Å²) in [4.78, 5) is 4.23. The molecule has 5 heteroatoms. The van der Waals surface area contributed by atoms with Gasteiger partial charge in [0, 0.05) is 25.0 Å². The van der Waals surface area contributed by atoms with Crippen LogP contribution in [-0.2, 0) is 6.42 Å². The Morgan fingerprint density at radius 1 is 1.59 bits per heavy atom. The first-order chi connectivity index (χ1) is 7.98. The van der Waals surface area contributed by atoms with E-state index in [-0.39, 0.29) is 6.04 Å². The highest BCUT2D eigenvalue weighted by Gasteiger charge is 2.28. The van der Waals surface area contributed by atoms with Gasteiger partial charge in [-0.1, -0.05) is 0 Å². The second-order valence-electron chi connectivity index (χ2n) is 5.54. The second-order valence-corrected chi connectivity index (χ2v) is 5.54. The summed E-state index contributed by atoms with van der Waals surface area (Å²) in [6.45, 7) is 6.59. The van der Waals surface area contributed by atoms with Crippen molar-refractivity contribution < 1.29 is 5.11 Å². The van der Waals surface area contributed by atoms with Crippen molar-refractivity contribution in [1.82, 2.24) is 20.1 Å². The first kappa shape index (κ1) is 12.5. The summed E-state index contributed by atoms with van der Waals surface area (Å²) in [5.41, 5.74) is -0.762. The minimum absolute atomic E-state index is 0.277. The molecule has 0 bridgehead atoms. The Balaban J connectivity index is 1.94. The third-order valence-corrected chi connectivity index (χ3v) is 3.02. The number of rotatable bonds is 6. The van der Waals surface area contributed by atoms with E-state index >= 15 is 0 Å². The predicted octanol–water partition coefficient (Wildman–Crippen LogP) is 0.904. The zero-order chi connectivity index (χ0) is 12.5. The minimum Gasteiger partial charge on any atom is -0.388 e. The SMILES string of the molecule is CC(C)n1ncnc1CC(C)(O)CNC1CC1. The van der Waals surface area contributed by atoms with E-state index in [4.69, 9.17) is 0 Å². The summed E-state index contributed by atoms with van der Waals surface area (Å²) in [6.07, 6.45) is 4.56. The van der Waals surface area contributed by atoms with Gasteiger partial charge in [0.25, 0.3) is 0 Å². The van der Waals surface area contributed by atoms with Crippen molar-refractivity contribution in [1.29, 1.82) is 0 Å². The second kappa shape index (κ2) is 4.74. The standard InChI is InChI=1S/C12H22N4O/c1-9(2)16-11(14-8-15-16)6-12(3,17)7-13-10-4-5-10/h8-10,13,17H,4-7H2,1-3H3. The molecule has 1 aliphatic carbocycles. The zero-order valence-corrected chi connectivity index (χ0v) is 10.8. The third-order valence-electron chi connectivity index (χ3n) is 3.02. The first-order valence-corrected chi connectivity index (χ1v) is 6.32. The fourth-order valence-electron chi connectivity index (χ4n) is 1.89. The van der Waals surface area contributed by atoms with Crippen LogP contribution in [0.2, 0.25) is 0 Å². The molecule has 1 aromatic heterocycles. The maximum absolute atomic E-state index is 10.3. The Labute approximate surface area is 102 Å². The van der Waals surface area contributed by atoms with Crippen LogP contribution in [0.4, 0.5) is 0 Å². The summed E-state index contributed by atoms with van der Waals surface area (Å²) in [5.74, 6) is 0.850. The smallest absolute Gasteiger partial charge is 0.138 e. The maximum atomic E-state index is 10.3. The molecule has 1 aliphatic rings.